The highest BCUT2D eigenvalue weighted by atomic mass is 16.5. The van der Waals surface area contributed by atoms with Gasteiger partial charge in [0.25, 0.3) is 0 Å². The first-order valence-electron chi connectivity index (χ1n) is 5.71. The highest BCUT2D eigenvalue weighted by Gasteiger charge is 2.25. The summed E-state index contributed by atoms with van der Waals surface area (Å²) in [4.78, 5) is 0. The zero-order valence-electron chi connectivity index (χ0n) is 8.59. The van der Waals surface area contributed by atoms with Crippen molar-refractivity contribution in [2.45, 2.75) is 51.2 Å². The molecule has 0 spiro atoms. The summed E-state index contributed by atoms with van der Waals surface area (Å²) in [6.45, 7) is 4.58. The van der Waals surface area contributed by atoms with Crippen LogP contribution in [0.2, 0.25) is 0 Å². The molecule has 2 heteroatoms. The third-order valence-electron chi connectivity index (χ3n) is 3.44. The molecule has 0 amide bonds. The normalized spacial score (nSPS) is 36.7. The minimum atomic E-state index is 0.567. The van der Waals surface area contributed by atoms with Crippen LogP contribution in [0.4, 0.5) is 0 Å². The lowest BCUT2D eigenvalue weighted by molar-refractivity contribution is 0.0870. The molecular weight excluding hydrogens is 162 g/mol. The number of hydrogen-bond acceptors (Lipinski definition) is 2. The summed E-state index contributed by atoms with van der Waals surface area (Å²) in [5, 5.41) is 3.57. The van der Waals surface area contributed by atoms with Crippen LogP contribution < -0.4 is 5.32 Å². The van der Waals surface area contributed by atoms with Gasteiger partial charge in [-0.25, -0.2) is 0 Å². The summed E-state index contributed by atoms with van der Waals surface area (Å²) in [5.74, 6) is 0.797. The van der Waals surface area contributed by atoms with Gasteiger partial charge in [0.05, 0.1) is 6.10 Å². The third-order valence-corrected chi connectivity index (χ3v) is 3.44. The Balaban J connectivity index is 1.73. The molecule has 2 saturated heterocycles. The van der Waals surface area contributed by atoms with E-state index in [0.29, 0.717) is 6.10 Å². The molecule has 0 bridgehead atoms. The van der Waals surface area contributed by atoms with Crippen molar-refractivity contribution in [3.8, 4) is 0 Å². The molecule has 2 fully saturated rings. The molecule has 2 aliphatic heterocycles. The summed E-state index contributed by atoms with van der Waals surface area (Å²) in [5.41, 5.74) is 0. The zero-order chi connectivity index (χ0) is 9.10. The van der Waals surface area contributed by atoms with Crippen molar-refractivity contribution in [1.29, 1.82) is 0 Å². The van der Waals surface area contributed by atoms with Crippen molar-refractivity contribution in [1.82, 2.24) is 5.32 Å². The molecule has 0 aromatic rings. The van der Waals surface area contributed by atoms with Gasteiger partial charge in [0.15, 0.2) is 0 Å². The number of nitrogens with one attached hydrogen (secondary N) is 1. The Hall–Kier alpha value is -0.0800. The molecule has 76 valence electrons. The Morgan fingerprint density at radius 2 is 2.31 bits per heavy atom. The van der Waals surface area contributed by atoms with Gasteiger partial charge in [0.1, 0.15) is 0 Å². The van der Waals surface area contributed by atoms with Crippen molar-refractivity contribution < 1.29 is 4.74 Å². The molecule has 2 aliphatic rings. The molecule has 1 N–H and O–H groups in total. The van der Waals surface area contributed by atoms with Crippen LogP contribution in [0.5, 0.6) is 0 Å². The van der Waals surface area contributed by atoms with E-state index in [1.165, 1.54) is 38.6 Å². The summed E-state index contributed by atoms with van der Waals surface area (Å²) >= 11 is 0. The summed E-state index contributed by atoms with van der Waals surface area (Å²) in [7, 11) is 0. The molecule has 13 heavy (non-hydrogen) atoms. The Morgan fingerprint density at radius 3 is 2.92 bits per heavy atom. The highest BCUT2D eigenvalue weighted by Crippen LogP contribution is 2.24. The van der Waals surface area contributed by atoms with Crippen LogP contribution in [-0.2, 0) is 4.74 Å². The first-order valence-corrected chi connectivity index (χ1v) is 5.71. The monoisotopic (exact) mass is 183 g/mol. The van der Waals surface area contributed by atoms with Crippen LogP contribution in [-0.4, -0.2) is 25.3 Å². The van der Waals surface area contributed by atoms with E-state index in [9.17, 15) is 0 Å². The maximum Gasteiger partial charge on any atom is 0.0579 e. The van der Waals surface area contributed by atoms with Gasteiger partial charge in [-0.3, -0.25) is 0 Å². The Morgan fingerprint density at radius 1 is 1.38 bits per heavy atom. The predicted molar refractivity (Wildman–Crippen MR) is 53.8 cm³/mol. The molecule has 2 nitrogen and oxygen atoms in total. The van der Waals surface area contributed by atoms with Gasteiger partial charge >= 0.3 is 0 Å². The Bertz CT molecular complexity index is 148. The minimum absolute atomic E-state index is 0.567. The fourth-order valence-corrected chi connectivity index (χ4v) is 2.61. The van der Waals surface area contributed by atoms with Crippen LogP contribution in [0.1, 0.15) is 39.0 Å². The molecule has 0 aromatic heterocycles. The van der Waals surface area contributed by atoms with Gasteiger partial charge in [-0.1, -0.05) is 6.92 Å². The fourth-order valence-electron chi connectivity index (χ4n) is 2.61. The Labute approximate surface area is 81.0 Å². The maximum atomic E-state index is 5.66. The van der Waals surface area contributed by atoms with E-state index < -0.39 is 0 Å². The van der Waals surface area contributed by atoms with E-state index in [1.54, 1.807) is 0 Å². The standard InChI is InChI=1S/C11H21NO/c1-9(11-5-2-6-12-11)8-10-4-3-7-13-10/h9-12H,2-8H2,1H3. The summed E-state index contributed by atoms with van der Waals surface area (Å²) in [6, 6.07) is 0.768. The highest BCUT2D eigenvalue weighted by molar-refractivity contribution is 4.81. The number of ether oxygens (including phenoxy) is 1. The molecule has 2 rings (SSSR count). The van der Waals surface area contributed by atoms with Gasteiger partial charge in [0.2, 0.25) is 0 Å². The molecule has 0 radical (unpaired) electrons. The van der Waals surface area contributed by atoms with Gasteiger partial charge in [-0.05, 0) is 44.6 Å². The van der Waals surface area contributed by atoms with Crippen LogP contribution >= 0.6 is 0 Å². The first kappa shape index (κ1) is 9.47. The largest absolute Gasteiger partial charge is 0.378 e. The summed E-state index contributed by atoms with van der Waals surface area (Å²) in [6.07, 6.45) is 7.12. The number of rotatable bonds is 3. The topological polar surface area (TPSA) is 21.3 Å². The number of hydrogen-bond donors (Lipinski definition) is 1. The van der Waals surface area contributed by atoms with Crippen LogP contribution in [0.3, 0.4) is 0 Å². The van der Waals surface area contributed by atoms with E-state index in [0.717, 1.165) is 18.6 Å². The molecule has 2 heterocycles. The lowest BCUT2D eigenvalue weighted by atomic mass is 9.93. The van der Waals surface area contributed by atoms with Gasteiger partial charge in [-0.2, -0.15) is 0 Å². The third kappa shape index (κ3) is 2.44. The van der Waals surface area contributed by atoms with Crippen LogP contribution in [0.15, 0.2) is 0 Å². The smallest absolute Gasteiger partial charge is 0.0579 e. The van der Waals surface area contributed by atoms with Gasteiger partial charge in [0, 0.05) is 12.6 Å². The molecular formula is C11H21NO. The van der Waals surface area contributed by atoms with Gasteiger partial charge in [-0.15, -0.1) is 0 Å². The van der Waals surface area contributed by atoms with Crippen molar-refractivity contribution in [2.75, 3.05) is 13.2 Å². The predicted octanol–water partition coefficient (Wildman–Crippen LogP) is 1.94. The van der Waals surface area contributed by atoms with Gasteiger partial charge < -0.3 is 10.1 Å². The van der Waals surface area contributed by atoms with Crippen molar-refractivity contribution in [3.63, 3.8) is 0 Å². The average Bonchev–Trinajstić information content (AvgIpc) is 2.74. The zero-order valence-corrected chi connectivity index (χ0v) is 8.59. The van der Waals surface area contributed by atoms with E-state index in [1.807, 2.05) is 0 Å². The second kappa shape index (κ2) is 4.43. The average molecular weight is 183 g/mol. The minimum Gasteiger partial charge on any atom is -0.378 e. The molecule has 0 saturated carbocycles. The lowest BCUT2D eigenvalue weighted by Gasteiger charge is -2.22. The van der Waals surface area contributed by atoms with E-state index in [2.05, 4.69) is 12.2 Å². The molecule has 3 atom stereocenters. The summed E-state index contributed by atoms with van der Waals surface area (Å²) < 4.78 is 5.66. The second-order valence-electron chi connectivity index (χ2n) is 4.55. The molecule has 0 aromatic carbocycles. The van der Waals surface area contributed by atoms with Crippen molar-refractivity contribution in [3.05, 3.63) is 0 Å². The Kier molecular flexibility index (Phi) is 3.23. The van der Waals surface area contributed by atoms with Crippen LogP contribution in [0.25, 0.3) is 0 Å². The quantitative estimate of drug-likeness (QED) is 0.722. The first-order chi connectivity index (χ1) is 6.36. The second-order valence-corrected chi connectivity index (χ2v) is 4.55. The van der Waals surface area contributed by atoms with E-state index in [-0.39, 0.29) is 0 Å². The SMILES string of the molecule is CC(CC1CCCO1)C1CCCN1. The fraction of sp³-hybridized carbons (Fsp3) is 1.00. The van der Waals surface area contributed by atoms with Crippen molar-refractivity contribution >= 4 is 0 Å². The van der Waals surface area contributed by atoms with E-state index >= 15 is 0 Å². The maximum absolute atomic E-state index is 5.66. The molecule has 0 aliphatic carbocycles. The van der Waals surface area contributed by atoms with Crippen LogP contribution in [0, 0.1) is 5.92 Å². The lowest BCUT2D eigenvalue weighted by Crippen LogP contribution is -2.30. The van der Waals surface area contributed by atoms with E-state index in [4.69, 9.17) is 4.74 Å². The van der Waals surface area contributed by atoms with Crippen molar-refractivity contribution in [2.24, 2.45) is 5.92 Å². The molecule has 3 unspecified atom stereocenters.